The Morgan fingerprint density at radius 3 is 2.56 bits per heavy atom. The zero-order chi connectivity index (χ0) is 22.1. The third kappa shape index (κ3) is 3.76. The molecule has 0 radical (unpaired) electrons. The molecule has 2 heterocycles. The first-order valence-electron chi connectivity index (χ1n) is 10.3. The summed E-state index contributed by atoms with van der Waals surface area (Å²) in [5.74, 6) is 1.88. The second-order valence-electron chi connectivity index (χ2n) is 7.53. The number of fused-ring (bicyclic) bond motifs is 1. The number of benzene rings is 2. The molecule has 0 unspecified atom stereocenters. The van der Waals surface area contributed by atoms with Gasteiger partial charge in [-0.1, -0.05) is 29.7 Å². The van der Waals surface area contributed by atoms with Crippen molar-refractivity contribution < 1.29 is 14.2 Å². The van der Waals surface area contributed by atoms with Gasteiger partial charge < -0.3 is 14.2 Å². The van der Waals surface area contributed by atoms with E-state index in [-0.39, 0.29) is 11.7 Å². The van der Waals surface area contributed by atoms with E-state index in [1.165, 1.54) is 22.7 Å². The van der Waals surface area contributed by atoms with Crippen LogP contribution in [0, 0.1) is 0 Å². The van der Waals surface area contributed by atoms with Crippen LogP contribution in [-0.2, 0) is 6.42 Å². The van der Waals surface area contributed by atoms with Crippen molar-refractivity contribution in [2.75, 3.05) is 14.2 Å². The zero-order valence-corrected chi connectivity index (χ0v) is 18.6. The van der Waals surface area contributed by atoms with Crippen molar-refractivity contribution in [3.05, 3.63) is 82.1 Å². The minimum absolute atomic E-state index is 0.0173. The first-order valence-corrected chi connectivity index (χ1v) is 11.1. The van der Waals surface area contributed by atoms with Gasteiger partial charge in [-0.15, -0.1) is 0 Å². The maximum Gasteiger partial charge on any atom is 0.258 e. The smallest absolute Gasteiger partial charge is 0.258 e. The van der Waals surface area contributed by atoms with Crippen LogP contribution in [0.25, 0.3) is 21.6 Å². The molecule has 6 nitrogen and oxygen atoms in total. The third-order valence-corrected chi connectivity index (χ3v) is 6.56. The monoisotopic (exact) mass is 446 g/mol. The fourth-order valence-electron chi connectivity index (χ4n) is 4.18. The van der Waals surface area contributed by atoms with Crippen LogP contribution in [0.2, 0.25) is 0 Å². The minimum Gasteiger partial charge on any atom is -0.486 e. The van der Waals surface area contributed by atoms with Crippen molar-refractivity contribution in [2.24, 2.45) is 0 Å². The molecular formula is C25H22N2O4S. The first-order chi connectivity index (χ1) is 15.7. The van der Waals surface area contributed by atoms with Crippen LogP contribution in [0.1, 0.15) is 23.7 Å². The predicted molar refractivity (Wildman–Crippen MR) is 125 cm³/mol. The van der Waals surface area contributed by atoms with Crippen molar-refractivity contribution in [3.8, 4) is 39.1 Å². The second-order valence-corrected chi connectivity index (χ2v) is 8.38. The van der Waals surface area contributed by atoms with E-state index in [1.807, 2.05) is 36.4 Å². The van der Waals surface area contributed by atoms with Gasteiger partial charge in [0.2, 0.25) is 11.8 Å². The number of nitrogens with one attached hydrogen (secondary N) is 1. The standard InChI is InChI=1S/C25H22N2O4S/c1-29-24-13-11-20(25(26-24)30-2)17-4-3-5-19-18(17)10-12-21(19)31-16-8-6-15(7-9-16)22-14-23(28)27-32-22/h3-9,11,13-14,21H,10,12H2,1-2H3,(H,27,28)/t21-/m1/s1. The molecule has 0 spiro atoms. The molecule has 1 N–H and O–H groups in total. The summed E-state index contributed by atoms with van der Waals surface area (Å²) in [6, 6.07) is 19.6. The average molecular weight is 447 g/mol. The number of H-pyrrole nitrogens is 1. The Hall–Kier alpha value is -3.58. The van der Waals surface area contributed by atoms with Crippen LogP contribution < -0.4 is 19.8 Å². The van der Waals surface area contributed by atoms with E-state index in [2.05, 4.69) is 27.6 Å². The van der Waals surface area contributed by atoms with E-state index in [9.17, 15) is 4.79 Å². The Morgan fingerprint density at radius 1 is 1.00 bits per heavy atom. The van der Waals surface area contributed by atoms with Crippen molar-refractivity contribution >= 4 is 11.5 Å². The lowest BCUT2D eigenvalue weighted by Crippen LogP contribution is -2.03. The van der Waals surface area contributed by atoms with Crippen LogP contribution in [0.15, 0.2) is 65.5 Å². The summed E-state index contributed by atoms with van der Waals surface area (Å²) in [5, 5.41) is 0. The normalized spacial score (nSPS) is 14.8. The number of ether oxygens (including phenoxy) is 3. The molecule has 162 valence electrons. The molecule has 0 bridgehead atoms. The highest BCUT2D eigenvalue weighted by molar-refractivity contribution is 7.09. The summed E-state index contributed by atoms with van der Waals surface area (Å²) < 4.78 is 19.8. The van der Waals surface area contributed by atoms with Crippen molar-refractivity contribution in [2.45, 2.75) is 18.9 Å². The molecule has 0 fully saturated rings. The lowest BCUT2D eigenvalue weighted by atomic mass is 9.97. The van der Waals surface area contributed by atoms with Crippen molar-refractivity contribution in [1.29, 1.82) is 0 Å². The molecule has 0 saturated heterocycles. The van der Waals surface area contributed by atoms with E-state index in [0.29, 0.717) is 11.8 Å². The van der Waals surface area contributed by atoms with Gasteiger partial charge in [0.05, 0.1) is 19.1 Å². The topological polar surface area (TPSA) is 73.4 Å². The maximum atomic E-state index is 11.4. The summed E-state index contributed by atoms with van der Waals surface area (Å²) >= 11 is 1.34. The van der Waals surface area contributed by atoms with Crippen LogP contribution in [-0.4, -0.2) is 23.6 Å². The molecule has 0 amide bonds. The number of aromatic amines is 1. The first kappa shape index (κ1) is 20.3. The van der Waals surface area contributed by atoms with Gasteiger partial charge in [-0.2, -0.15) is 4.98 Å². The Bertz CT molecular complexity index is 1310. The van der Waals surface area contributed by atoms with Crippen molar-refractivity contribution in [3.63, 3.8) is 0 Å². The number of hydrogen-bond donors (Lipinski definition) is 1. The van der Waals surface area contributed by atoms with Crippen LogP contribution in [0.5, 0.6) is 17.5 Å². The molecule has 0 saturated carbocycles. The Balaban J connectivity index is 1.41. The van der Waals surface area contributed by atoms with E-state index in [4.69, 9.17) is 14.2 Å². The lowest BCUT2D eigenvalue weighted by molar-refractivity contribution is 0.207. The summed E-state index contributed by atoms with van der Waals surface area (Å²) in [7, 11) is 3.21. The van der Waals surface area contributed by atoms with Gasteiger partial charge in [-0.05, 0) is 65.4 Å². The number of hydrogen-bond acceptors (Lipinski definition) is 6. The highest BCUT2D eigenvalue weighted by atomic mass is 32.1. The zero-order valence-electron chi connectivity index (χ0n) is 17.8. The minimum atomic E-state index is -0.0765. The van der Waals surface area contributed by atoms with Gasteiger partial charge in [0.25, 0.3) is 5.56 Å². The Kier molecular flexibility index (Phi) is 5.41. The molecule has 0 aliphatic heterocycles. The number of methoxy groups -OCH3 is 2. The second kappa shape index (κ2) is 8.51. The number of pyridine rings is 1. The number of rotatable bonds is 6. The summed E-state index contributed by atoms with van der Waals surface area (Å²) in [6.45, 7) is 0. The van der Waals surface area contributed by atoms with Gasteiger partial charge in [0.15, 0.2) is 0 Å². The molecule has 5 rings (SSSR count). The van der Waals surface area contributed by atoms with Crippen LogP contribution in [0.3, 0.4) is 0 Å². The van der Waals surface area contributed by atoms with Gasteiger partial charge in [-0.25, -0.2) is 0 Å². The lowest BCUT2D eigenvalue weighted by Gasteiger charge is -2.17. The molecule has 2 aromatic heterocycles. The largest absolute Gasteiger partial charge is 0.486 e. The highest BCUT2D eigenvalue weighted by Gasteiger charge is 2.27. The molecular weight excluding hydrogens is 424 g/mol. The predicted octanol–water partition coefficient (Wildman–Crippen LogP) is 5.25. The molecule has 1 aliphatic rings. The van der Waals surface area contributed by atoms with Crippen LogP contribution in [0.4, 0.5) is 0 Å². The van der Waals surface area contributed by atoms with Gasteiger partial charge in [0.1, 0.15) is 11.9 Å². The fraction of sp³-hybridized carbons (Fsp3) is 0.200. The molecule has 1 atom stereocenters. The van der Waals surface area contributed by atoms with E-state index in [1.54, 1.807) is 20.3 Å². The maximum absolute atomic E-state index is 11.4. The summed E-state index contributed by atoms with van der Waals surface area (Å²) in [4.78, 5) is 16.7. The summed E-state index contributed by atoms with van der Waals surface area (Å²) in [6.07, 6.45) is 1.80. The summed E-state index contributed by atoms with van der Waals surface area (Å²) in [5.41, 5.74) is 5.42. The molecule has 2 aromatic carbocycles. The van der Waals surface area contributed by atoms with Crippen LogP contribution >= 0.6 is 11.5 Å². The fourth-order valence-corrected chi connectivity index (χ4v) is 4.87. The molecule has 7 heteroatoms. The number of aromatic nitrogens is 2. The SMILES string of the molecule is COc1ccc(-c2cccc3c2CC[C@H]3Oc2ccc(-c3cc(=O)[nH]s3)cc2)c(OC)n1. The van der Waals surface area contributed by atoms with E-state index < -0.39 is 0 Å². The van der Waals surface area contributed by atoms with Gasteiger partial charge in [0, 0.05) is 17.7 Å². The average Bonchev–Trinajstić information content (AvgIpc) is 3.45. The number of nitrogens with zero attached hydrogens (tertiary/aromatic N) is 1. The molecule has 1 aliphatic carbocycles. The Morgan fingerprint density at radius 2 is 1.84 bits per heavy atom. The Labute approximate surface area is 189 Å². The van der Waals surface area contributed by atoms with Gasteiger partial charge in [-0.3, -0.25) is 9.17 Å². The van der Waals surface area contributed by atoms with Gasteiger partial charge >= 0.3 is 0 Å². The third-order valence-electron chi connectivity index (χ3n) is 5.68. The quantitative estimate of drug-likeness (QED) is 0.438. The molecule has 32 heavy (non-hydrogen) atoms. The highest BCUT2D eigenvalue weighted by Crippen LogP contribution is 2.42. The van der Waals surface area contributed by atoms with E-state index in [0.717, 1.165) is 40.2 Å². The van der Waals surface area contributed by atoms with E-state index >= 15 is 0 Å². The molecule has 4 aromatic rings. The van der Waals surface area contributed by atoms with Crippen molar-refractivity contribution in [1.82, 2.24) is 9.36 Å².